The van der Waals surface area contributed by atoms with Crippen LogP contribution in [0.15, 0.2) is 0 Å². The van der Waals surface area contributed by atoms with Gasteiger partial charge in [-0.25, -0.2) is 0 Å². The fourth-order valence-electron chi connectivity index (χ4n) is 2.28. The Morgan fingerprint density at radius 3 is 2.45 bits per heavy atom. The molecule has 66 valence electrons. The highest BCUT2D eigenvalue weighted by atomic mass is 16.3. The molecule has 1 aliphatic rings. The fraction of sp³-hybridized carbons (Fsp3) is 1.00. The van der Waals surface area contributed by atoms with Crippen molar-refractivity contribution >= 4 is 0 Å². The Balaban J connectivity index is 2.37. The van der Waals surface area contributed by atoms with Gasteiger partial charge in [0.05, 0.1) is 6.54 Å². The number of hydrogen-bond acceptors (Lipinski definition) is 1. The summed E-state index contributed by atoms with van der Waals surface area (Å²) in [5.41, 5.74) is 3.93. The number of rotatable bonds is 2. The van der Waals surface area contributed by atoms with Crippen LogP contribution in [0.1, 0.15) is 26.2 Å². The Kier molecular flexibility index (Phi) is 3.34. The van der Waals surface area contributed by atoms with Crippen LogP contribution in [0.5, 0.6) is 0 Å². The van der Waals surface area contributed by atoms with Crippen LogP contribution >= 0.6 is 0 Å². The Morgan fingerprint density at radius 1 is 1.27 bits per heavy atom. The molecule has 3 atom stereocenters. The van der Waals surface area contributed by atoms with E-state index in [0.29, 0.717) is 12.5 Å². The van der Waals surface area contributed by atoms with Crippen LogP contribution in [0.3, 0.4) is 0 Å². The molecule has 4 N–H and O–H groups in total. The van der Waals surface area contributed by atoms with Crippen molar-refractivity contribution in [2.24, 2.45) is 17.8 Å². The predicted molar refractivity (Wildman–Crippen MR) is 44.8 cm³/mol. The molecule has 2 nitrogen and oxygen atoms in total. The molecular formula is C9H20NO+. The van der Waals surface area contributed by atoms with E-state index in [1.54, 1.807) is 0 Å². The highest BCUT2D eigenvalue weighted by Crippen LogP contribution is 2.31. The SMILES string of the molecule is C[C@@H]1C[C@@H](CO)C[C@@H](C[NH3+])C1. The van der Waals surface area contributed by atoms with Crippen molar-refractivity contribution in [3.8, 4) is 0 Å². The summed E-state index contributed by atoms with van der Waals surface area (Å²) < 4.78 is 0. The van der Waals surface area contributed by atoms with Gasteiger partial charge in [-0.3, -0.25) is 0 Å². The summed E-state index contributed by atoms with van der Waals surface area (Å²) in [7, 11) is 0. The van der Waals surface area contributed by atoms with E-state index >= 15 is 0 Å². The molecule has 1 fully saturated rings. The Bertz CT molecular complexity index is 104. The minimum atomic E-state index is 0.376. The van der Waals surface area contributed by atoms with Crippen LogP contribution in [0, 0.1) is 17.8 Å². The Morgan fingerprint density at radius 2 is 1.91 bits per heavy atom. The third-order valence-electron chi connectivity index (χ3n) is 2.80. The molecule has 0 radical (unpaired) electrons. The number of aliphatic hydroxyl groups is 1. The van der Waals surface area contributed by atoms with Gasteiger partial charge in [0.15, 0.2) is 0 Å². The summed E-state index contributed by atoms with van der Waals surface area (Å²) in [6.07, 6.45) is 3.73. The van der Waals surface area contributed by atoms with Gasteiger partial charge in [0.2, 0.25) is 0 Å². The monoisotopic (exact) mass is 158 g/mol. The topological polar surface area (TPSA) is 47.9 Å². The lowest BCUT2D eigenvalue weighted by Gasteiger charge is -2.30. The van der Waals surface area contributed by atoms with Crippen LogP contribution in [0.2, 0.25) is 0 Å². The predicted octanol–water partition coefficient (Wildman–Crippen LogP) is 0.273. The second kappa shape index (κ2) is 4.07. The van der Waals surface area contributed by atoms with Crippen LogP contribution in [-0.4, -0.2) is 18.3 Å². The van der Waals surface area contributed by atoms with Gasteiger partial charge in [0.1, 0.15) is 0 Å². The first kappa shape index (κ1) is 9.01. The molecule has 0 bridgehead atoms. The molecule has 1 rings (SSSR count). The summed E-state index contributed by atoms with van der Waals surface area (Å²) >= 11 is 0. The molecule has 1 saturated carbocycles. The summed E-state index contributed by atoms with van der Waals surface area (Å²) in [6.45, 7) is 3.70. The van der Waals surface area contributed by atoms with Crippen molar-refractivity contribution in [2.75, 3.05) is 13.2 Å². The number of aliphatic hydroxyl groups excluding tert-OH is 1. The molecule has 0 aliphatic heterocycles. The van der Waals surface area contributed by atoms with Gasteiger partial charge >= 0.3 is 0 Å². The summed E-state index contributed by atoms with van der Waals surface area (Å²) in [5, 5.41) is 9.00. The Hall–Kier alpha value is -0.0800. The zero-order chi connectivity index (χ0) is 8.27. The van der Waals surface area contributed by atoms with Crippen LogP contribution < -0.4 is 5.73 Å². The van der Waals surface area contributed by atoms with Gasteiger partial charge in [0.25, 0.3) is 0 Å². The van der Waals surface area contributed by atoms with Crippen molar-refractivity contribution in [3.05, 3.63) is 0 Å². The number of hydrogen-bond donors (Lipinski definition) is 2. The summed E-state index contributed by atoms with van der Waals surface area (Å²) in [5.74, 6) is 2.13. The zero-order valence-electron chi connectivity index (χ0n) is 7.42. The van der Waals surface area contributed by atoms with E-state index in [1.165, 1.54) is 19.3 Å². The first-order valence-electron chi connectivity index (χ1n) is 4.66. The second-order valence-corrected chi connectivity index (χ2v) is 4.02. The quantitative estimate of drug-likeness (QED) is 0.595. The highest BCUT2D eigenvalue weighted by molar-refractivity contribution is 4.75. The van der Waals surface area contributed by atoms with Crippen LogP contribution in [0.25, 0.3) is 0 Å². The van der Waals surface area contributed by atoms with Crippen molar-refractivity contribution in [2.45, 2.75) is 26.2 Å². The van der Waals surface area contributed by atoms with E-state index < -0.39 is 0 Å². The van der Waals surface area contributed by atoms with E-state index in [0.717, 1.165) is 18.4 Å². The van der Waals surface area contributed by atoms with Crippen molar-refractivity contribution < 1.29 is 10.8 Å². The minimum Gasteiger partial charge on any atom is -0.396 e. The van der Waals surface area contributed by atoms with Gasteiger partial charge in [-0.15, -0.1) is 0 Å². The van der Waals surface area contributed by atoms with Gasteiger partial charge in [-0.1, -0.05) is 6.92 Å². The molecule has 0 amide bonds. The van der Waals surface area contributed by atoms with Crippen molar-refractivity contribution in [1.29, 1.82) is 0 Å². The second-order valence-electron chi connectivity index (χ2n) is 4.02. The standard InChI is InChI=1S/C9H19NO/c1-7-2-8(5-10)4-9(3-7)6-11/h7-9,11H,2-6,10H2,1H3/p+1/t7-,8-,9+/m0/s1. The average molecular weight is 158 g/mol. The minimum absolute atomic E-state index is 0.376. The van der Waals surface area contributed by atoms with Gasteiger partial charge in [-0.2, -0.15) is 0 Å². The molecule has 0 saturated heterocycles. The van der Waals surface area contributed by atoms with Crippen molar-refractivity contribution in [3.63, 3.8) is 0 Å². The maximum atomic E-state index is 9.00. The smallest absolute Gasteiger partial charge is 0.0768 e. The van der Waals surface area contributed by atoms with E-state index in [-0.39, 0.29) is 0 Å². The molecule has 2 heteroatoms. The van der Waals surface area contributed by atoms with E-state index in [4.69, 9.17) is 5.11 Å². The Labute approximate surface area is 68.8 Å². The largest absolute Gasteiger partial charge is 0.396 e. The van der Waals surface area contributed by atoms with Crippen molar-refractivity contribution in [1.82, 2.24) is 0 Å². The van der Waals surface area contributed by atoms with E-state index in [2.05, 4.69) is 12.7 Å². The first-order chi connectivity index (χ1) is 5.26. The summed E-state index contributed by atoms with van der Waals surface area (Å²) in [6, 6.07) is 0. The molecule has 0 aromatic rings. The molecule has 1 aliphatic carbocycles. The molecule has 11 heavy (non-hydrogen) atoms. The maximum Gasteiger partial charge on any atom is 0.0768 e. The lowest BCUT2D eigenvalue weighted by Crippen LogP contribution is -2.54. The zero-order valence-corrected chi connectivity index (χ0v) is 7.42. The average Bonchev–Trinajstić information content (AvgIpc) is 2.03. The number of quaternary nitrogens is 1. The fourth-order valence-corrected chi connectivity index (χ4v) is 2.28. The first-order valence-corrected chi connectivity index (χ1v) is 4.66. The van der Waals surface area contributed by atoms with Gasteiger partial charge in [-0.05, 0) is 31.1 Å². The van der Waals surface area contributed by atoms with Gasteiger partial charge < -0.3 is 10.8 Å². The molecule has 0 heterocycles. The molecule has 0 aromatic heterocycles. The van der Waals surface area contributed by atoms with Crippen LogP contribution in [0.4, 0.5) is 0 Å². The van der Waals surface area contributed by atoms with Gasteiger partial charge in [0, 0.05) is 12.5 Å². The third kappa shape index (κ3) is 2.46. The van der Waals surface area contributed by atoms with Crippen LogP contribution in [-0.2, 0) is 0 Å². The molecule has 0 unspecified atom stereocenters. The third-order valence-corrected chi connectivity index (χ3v) is 2.80. The lowest BCUT2D eigenvalue weighted by molar-refractivity contribution is -0.381. The van der Waals surface area contributed by atoms with E-state index in [9.17, 15) is 0 Å². The normalized spacial score (nSPS) is 39.0. The van der Waals surface area contributed by atoms with E-state index in [1.807, 2.05) is 0 Å². The lowest BCUT2D eigenvalue weighted by atomic mass is 9.76. The summed E-state index contributed by atoms with van der Waals surface area (Å²) in [4.78, 5) is 0. The maximum absolute atomic E-state index is 9.00. The molecule has 0 spiro atoms. The molecular weight excluding hydrogens is 138 g/mol. The molecule has 0 aromatic carbocycles. The highest BCUT2D eigenvalue weighted by Gasteiger charge is 2.25.